The smallest absolute Gasteiger partial charge is 0.412 e. The van der Waals surface area contributed by atoms with Crippen LogP contribution in [0.4, 0.5) is 10.5 Å². The van der Waals surface area contributed by atoms with E-state index in [9.17, 15) is 15.0 Å². The van der Waals surface area contributed by atoms with Crippen LogP contribution in [0.25, 0.3) is 0 Å². The van der Waals surface area contributed by atoms with Crippen LogP contribution in [0, 0.1) is 0 Å². The average Bonchev–Trinajstić information content (AvgIpc) is 2.29. The zero-order chi connectivity index (χ0) is 15.3. The lowest BCUT2D eigenvalue weighted by Gasteiger charge is -2.20. The van der Waals surface area contributed by atoms with Crippen LogP contribution in [0.5, 0.6) is 5.75 Å². The second kappa shape index (κ2) is 6.58. The summed E-state index contributed by atoms with van der Waals surface area (Å²) < 4.78 is 5.09. The summed E-state index contributed by atoms with van der Waals surface area (Å²) in [5.74, 6) is -0.135. The van der Waals surface area contributed by atoms with Crippen molar-refractivity contribution >= 4 is 11.8 Å². The molecule has 0 saturated carbocycles. The predicted molar refractivity (Wildman–Crippen MR) is 76.6 cm³/mol. The molecule has 0 fully saturated rings. The predicted octanol–water partition coefficient (Wildman–Crippen LogP) is 2.12. The highest BCUT2D eigenvalue weighted by atomic mass is 16.6. The summed E-state index contributed by atoms with van der Waals surface area (Å²) in [6, 6.07) is 4.52. The standard InChI is InChI=1S/C14H22N2O4/c1-14(2,3)20-13(19)16-10-5-4-9(8-12(10)18)11(17)6-7-15/h4-5,8,11,17-18H,6-7,15H2,1-3H3,(H,16,19). The van der Waals surface area contributed by atoms with E-state index in [0.29, 0.717) is 18.5 Å². The van der Waals surface area contributed by atoms with Gasteiger partial charge in [0.25, 0.3) is 0 Å². The Bertz CT molecular complexity index is 469. The first-order valence-corrected chi connectivity index (χ1v) is 6.44. The molecule has 0 aromatic heterocycles. The molecule has 1 aromatic rings. The third-order valence-electron chi connectivity index (χ3n) is 2.48. The molecule has 6 heteroatoms. The van der Waals surface area contributed by atoms with Gasteiger partial charge < -0.3 is 20.7 Å². The fourth-order valence-corrected chi connectivity index (χ4v) is 1.60. The highest BCUT2D eigenvalue weighted by Crippen LogP contribution is 2.28. The molecule has 0 aliphatic carbocycles. The zero-order valence-electron chi connectivity index (χ0n) is 12.0. The Kier molecular flexibility index (Phi) is 5.35. The molecule has 1 atom stereocenters. The van der Waals surface area contributed by atoms with Crippen LogP contribution in [0.1, 0.15) is 38.9 Å². The van der Waals surface area contributed by atoms with Gasteiger partial charge in [0.1, 0.15) is 11.4 Å². The number of aliphatic hydroxyl groups excluding tert-OH is 1. The number of rotatable bonds is 4. The van der Waals surface area contributed by atoms with Crippen LogP contribution in [0.3, 0.4) is 0 Å². The molecule has 1 unspecified atom stereocenters. The Morgan fingerprint density at radius 2 is 2.10 bits per heavy atom. The number of ether oxygens (including phenoxy) is 1. The van der Waals surface area contributed by atoms with Crippen LogP contribution in [-0.4, -0.2) is 28.5 Å². The van der Waals surface area contributed by atoms with Gasteiger partial charge in [0.05, 0.1) is 11.8 Å². The minimum atomic E-state index is -0.735. The number of hydrogen-bond acceptors (Lipinski definition) is 5. The van der Waals surface area contributed by atoms with Gasteiger partial charge in [0, 0.05) is 0 Å². The van der Waals surface area contributed by atoms with E-state index in [1.807, 2.05) is 0 Å². The first kappa shape index (κ1) is 16.3. The summed E-state index contributed by atoms with van der Waals surface area (Å²) in [7, 11) is 0. The number of anilines is 1. The van der Waals surface area contributed by atoms with Crippen LogP contribution < -0.4 is 11.1 Å². The molecule has 0 saturated heterocycles. The van der Waals surface area contributed by atoms with E-state index in [1.54, 1.807) is 26.8 Å². The van der Waals surface area contributed by atoms with Crippen molar-refractivity contribution in [3.8, 4) is 5.75 Å². The molecule has 0 aliphatic rings. The monoisotopic (exact) mass is 282 g/mol. The van der Waals surface area contributed by atoms with Crippen LogP contribution >= 0.6 is 0 Å². The number of hydrogen-bond donors (Lipinski definition) is 4. The van der Waals surface area contributed by atoms with Crippen molar-refractivity contribution in [3.63, 3.8) is 0 Å². The van der Waals surface area contributed by atoms with Crippen molar-refractivity contribution in [1.82, 2.24) is 0 Å². The molecule has 0 bridgehead atoms. The van der Waals surface area contributed by atoms with Crippen molar-refractivity contribution in [1.29, 1.82) is 0 Å². The molecule has 1 aromatic carbocycles. The Morgan fingerprint density at radius 1 is 1.45 bits per heavy atom. The van der Waals surface area contributed by atoms with Crippen molar-refractivity contribution in [2.24, 2.45) is 5.73 Å². The van der Waals surface area contributed by atoms with Gasteiger partial charge in [0.2, 0.25) is 0 Å². The summed E-state index contributed by atoms with van der Waals surface area (Å²) in [6.07, 6.45) is -0.984. The van der Waals surface area contributed by atoms with E-state index in [2.05, 4.69) is 5.32 Å². The molecule has 1 amide bonds. The highest BCUT2D eigenvalue weighted by Gasteiger charge is 2.17. The van der Waals surface area contributed by atoms with E-state index in [-0.39, 0.29) is 11.4 Å². The molecule has 0 heterocycles. The van der Waals surface area contributed by atoms with Gasteiger partial charge in [-0.1, -0.05) is 6.07 Å². The fraction of sp³-hybridized carbons (Fsp3) is 0.500. The van der Waals surface area contributed by atoms with Gasteiger partial charge in [-0.3, -0.25) is 5.32 Å². The number of aliphatic hydroxyl groups is 1. The van der Waals surface area contributed by atoms with Crippen molar-refractivity contribution in [3.05, 3.63) is 23.8 Å². The fourth-order valence-electron chi connectivity index (χ4n) is 1.60. The number of aromatic hydroxyl groups is 1. The van der Waals surface area contributed by atoms with Crippen molar-refractivity contribution < 1.29 is 19.7 Å². The maximum atomic E-state index is 11.6. The molecule has 20 heavy (non-hydrogen) atoms. The Labute approximate surface area is 118 Å². The summed E-state index contributed by atoms with van der Waals surface area (Å²) in [5.41, 5.74) is 5.52. The first-order valence-electron chi connectivity index (χ1n) is 6.44. The minimum absolute atomic E-state index is 0.135. The molecule has 0 spiro atoms. The number of amides is 1. The topological polar surface area (TPSA) is 105 Å². The highest BCUT2D eigenvalue weighted by molar-refractivity contribution is 5.86. The number of phenolic OH excluding ortho intramolecular Hbond substituents is 1. The Morgan fingerprint density at radius 3 is 2.60 bits per heavy atom. The molecule has 112 valence electrons. The zero-order valence-corrected chi connectivity index (χ0v) is 12.0. The summed E-state index contributed by atoms with van der Waals surface area (Å²) >= 11 is 0. The Balaban J connectivity index is 2.76. The van der Waals surface area contributed by atoms with Gasteiger partial charge in [0.15, 0.2) is 0 Å². The van der Waals surface area contributed by atoms with Crippen molar-refractivity contribution in [2.75, 3.05) is 11.9 Å². The second-order valence-corrected chi connectivity index (χ2v) is 5.50. The molecule has 5 N–H and O–H groups in total. The van der Waals surface area contributed by atoms with E-state index in [4.69, 9.17) is 10.5 Å². The number of nitrogens with one attached hydrogen (secondary N) is 1. The number of carbonyl (C=O) groups is 1. The Hall–Kier alpha value is -1.79. The molecule has 0 radical (unpaired) electrons. The average molecular weight is 282 g/mol. The lowest BCUT2D eigenvalue weighted by molar-refractivity contribution is 0.0635. The molecule has 0 aliphatic heterocycles. The van der Waals surface area contributed by atoms with Crippen LogP contribution in [-0.2, 0) is 4.74 Å². The normalized spacial score (nSPS) is 12.8. The maximum Gasteiger partial charge on any atom is 0.412 e. The molecule has 1 rings (SSSR count). The third-order valence-corrected chi connectivity index (χ3v) is 2.48. The quantitative estimate of drug-likeness (QED) is 0.633. The minimum Gasteiger partial charge on any atom is -0.506 e. The summed E-state index contributed by atoms with van der Waals surface area (Å²) in [6.45, 7) is 5.59. The van der Waals surface area contributed by atoms with E-state index < -0.39 is 17.8 Å². The largest absolute Gasteiger partial charge is 0.506 e. The SMILES string of the molecule is CC(C)(C)OC(=O)Nc1ccc(C(O)CCN)cc1O. The van der Waals surface area contributed by atoms with Crippen LogP contribution in [0.2, 0.25) is 0 Å². The van der Waals surface area contributed by atoms with Crippen molar-refractivity contribution in [2.45, 2.75) is 38.9 Å². The van der Waals surface area contributed by atoms with Gasteiger partial charge in [-0.25, -0.2) is 4.79 Å². The van der Waals surface area contributed by atoms with Gasteiger partial charge in [-0.05, 0) is 51.4 Å². The van der Waals surface area contributed by atoms with Gasteiger partial charge in [-0.2, -0.15) is 0 Å². The van der Waals surface area contributed by atoms with Crippen LogP contribution in [0.15, 0.2) is 18.2 Å². The van der Waals surface area contributed by atoms with E-state index in [1.165, 1.54) is 12.1 Å². The lowest BCUT2D eigenvalue weighted by atomic mass is 10.1. The lowest BCUT2D eigenvalue weighted by Crippen LogP contribution is -2.27. The van der Waals surface area contributed by atoms with Gasteiger partial charge >= 0.3 is 6.09 Å². The number of carbonyl (C=O) groups excluding carboxylic acids is 1. The maximum absolute atomic E-state index is 11.6. The third kappa shape index (κ3) is 5.07. The molecular formula is C14H22N2O4. The first-order chi connectivity index (χ1) is 9.23. The second-order valence-electron chi connectivity index (χ2n) is 5.50. The number of nitrogens with two attached hydrogens (primary N) is 1. The number of phenols is 1. The number of benzene rings is 1. The van der Waals surface area contributed by atoms with E-state index >= 15 is 0 Å². The summed E-state index contributed by atoms with van der Waals surface area (Å²) in [4.78, 5) is 11.6. The van der Waals surface area contributed by atoms with E-state index in [0.717, 1.165) is 0 Å². The molecule has 6 nitrogen and oxygen atoms in total. The molecular weight excluding hydrogens is 260 g/mol. The van der Waals surface area contributed by atoms with Gasteiger partial charge in [-0.15, -0.1) is 0 Å². The summed E-state index contributed by atoms with van der Waals surface area (Å²) in [5, 5.41) is 22.1.